The number of hydrogen-bond acceptors (Lipinski definition) is 5. The number of rotatable bonds is 15. The number of aryl methyl sites for hydroxylation is 1. The molecule has 1 fully saturated rings. The number of ether oxygens (including phenoxy) is 1. The molecule has 1 aliphatic rings. The minimum atomic E-state index is 0.727. The van der Waals surface area contributed by atoms with Crippen LogP contribution in [0.3, 0.4) is 0 Å². The fourth-order valence-electron chi connectivity index (χ4n) is 5.80. The number of nitrogens with zero attached hydrogens (tertiary/aromatic N) is 5. The van der Waals surface area contributed by atoms with Crippen molar-refractivity contribution in [2.75, 3.05) is 46.4 Å². The third-order valence-corrected chi connectivity index (χ3v) is 8.40. The van der Waals surface area contributed by atoms with Crippen molar-refractivity contribution >= 4 is 0 Å². The van der Waals surface area contributed by atoms with Crippen LogP contribution in [0, 0.1) is 6.92 Å². The maximum Gasteiger partial charge on any atom is 0.168 e. The number of likely N-dealkylation sites (N-methyl/N-ethyl adjacent to an activating group) is 1. The maximum atomic E-state index is 6.32. The van der Waals surface area contributed by atoms with Crippen molar-refractivity contribution < 1.29 is 4.74 Å². The van der Waals surface area contributed by atoms with Gasteiger partial charge in [0, 0.05) is 31.7 Å². The fourth-order valence-corrected chi connectivity index (χ4v) is 5.80. The Hall–Kier alpha value is -3.48. The molecule has 6 nitrogen and oxygen atoms in total. The summed E-state index contributed by atoms with van der Waals surface area (Å²) >= 11 is 0. The molecule has 222 valence electrons. The van der Waals surface area contributed by atoms with Crippen LogP contribution >= 0.6 is 0 Å². The molecule has 42 heavy (non-hydrogen) atoms. The van der Waals surface area contributed by atoms with Gasteiger partial charge < -0.3 is 14.5 Å². The molecular weight excluding hydrogens is 518 g/mol. The molecular formula is C36H47N5O. The molecule has 6 heteroatoms. The highest BCUT2D eigenvalue weighted by atomic mass is 16.5. The van der Waals surface area contributed by atoms with E-state index >= 15 is 0 Å². The van der Waals surface area contributed by atoms with Crippen molar-refractivity contribution in [2.24, 2.45) is 0 Å². The second kappa shape index (κ2) is 15.7. The largest absolute Gasteiger partial charge is 0.491 e. The monoisotopic (exact) mass is 565 g/mol. The smallest absolute Gasteiger partial charge is 0.168 e. The molecule has 0 aliphatic carbocycles. The van der Waals surface area contributed by atoms with Crippen LogP contribution in [-0.2, 0) is 0 Å². The first-order valence-corrected chi connectivity index (χ1v) is 15.9. The topological polar surface area (TPSA) is 46.4 Å². The van der Waals surface area contributed by atoms with Crippen LogP contribution in [0.5, 0.6) is 5.75 Å². The zero-order chi connectivity index (χ0) is 29.0. The molecule has 0 spiro atoms. The predicted octanol–water partition coefficient (Wildman–Crippen LogP) is 7.66. The molecule has 0 atom stereocenters. The number of piperazine rings is 1. The lowest BCUT2D eigenvalue weighted by Crippen LogP contribution is -2.44. The van der Waals surface area contributed by atoms with Crippen LogP contribution in [0.25, 0.3) is 28.2 Å². The van der Waals surface area contributed by atoms with Gasteiger partial charge in [0.25, 0.3) is 0 Å². The van der Waals surface area contributed by atoms with Gasteiger partial charge in [0.15, 0.2) is 5.82 Å². The first-order chi connectivity index (χ1) is 20.7. The van der Waals surface area contributed by atoms with E-state index in [1.807, 2.05) is 19.1 Å². The van der Waals surface area contributed by atoms with Crippen LogP contribution in [0.1, 0.15) is 57.2 Å². The second-order valence-electron chi connectivity index (χ2n) is 11.6. The van der Waals surface area contributed by atoms with Gasteiger partial charge in [-0.25, -0.2) is 0 Å². The van der Waals surface area contributed by atoms with Gasteiger partial charge in [-0.2, -0.15) is 0 Å². The fraction of sp³-hybridized carbons (Fsp3) is 0.444. The quantitative estimate of drug-likeness (QED) is 0.139. The van der Waals surface area contributed by atoms with Crippen LogP contribution in [-0.4, -0.2) is 70.9 Å². The lowest BCUT2D eigenvalue weighted by Gasteiger charge is -2.32. The van der Waals surface area contributed by atoms with E-state index in [2.05, 4.69) is 98.3 Å². The summed E-state index contributed by atoms with van der Waals surface area (Å²) in [7, 11) is 2.23. The van der Waals surface area contributed by atoms with Gasteiger partial charge in [0.1, 0.15) is 11.6 Å². The minimum absolute atomic E-state index is 0.727. The minimum Gasteiger partial charge on any atom is -0.491 e. The lowest BCUT2D eigenvalue weighted by atomic mass is 10.0. The molecule has 2 heterocycles. The summed E-state index contributed by atoms with van der Waals surface area (Å²) in [5.41, 5.74) is 4.41. The molecule has 0 N–H and O–H groups in total. The Morgan fingerprint density at radius 2 is 1.21 bits per heavy atom. The van der Waals surface area contributed by atoms with Gasteiger partial charge in [0.05, 0.1) is 12.3 Å². The van der Waals surface area contributed by atoms with Gasteiger partial charge in [-0.3, -0.25) is 4.57 Å². The zero-order valence-corrected chi connectivity index (χ0v) is 25.5. The molecule has 4 aromatic rings. The second-order valence-corrected chi connectivity index (χ2v) is 11.6. The Kier molecular flexibility index (Phi) is 11.2. The summed E-state index contributed by atoms with van der Waals surface area (Å²) in [4.78, 5) is 5.06. The van der Waals surface area contributed by atoms with E-state index in [1.165, 1.54) is 88.8 Å². The van der Waals surface area contributed by atoms with Crippen molar-refractivity contribution in [3.63, 3.8) is 0 Å². The normalized spacial score (nSPS) is 14.3. The number of benzene rings is 3. The highest BCUT2D eigenvalue weighted by Crippen LogP contribution is 2.30. The first kappa shape index (κ1) is 30.0. The van der Waals surface area contributed by atoms with E-state index in [1.54, 1.807) is 0 Å². The third kappa shape index (κ3) is 8.30. The summed E-state index contributed by atoms with van der Waals surface area (Å²) in [5.74, 6) is 2.55. The van der Waals surface area contributed by atoms with Crippen molar-refractivity contribution in [3.8, 4) is 34.0 Å². The molecule has 1 aromatic heterocycles. The van der Waals surface area contributed by atoms with Crippen LogP contribution in [0.4, 0.5) is 0 Å². The molecule has 3 aromatic carbocycles. The van der Waals surface area contributed by atoms with Crippen LogP contribution in [0.2, 0.25) is 0 Å². The highest BCUT2D eigenvalue weighted by Gasteiger charge is 2.17. The average Bonchev–Trinajstić information content (AvgIpc) is 3.42. The summed E-state index contributed by atoms with van der Waals surface area (Å²) in [6, 6.07) is 27.2. The SMILES string of the molecule is Cc1nnc(-c2ccc(-c3ccccc3)cc2)n1-c1ccccc1OCCCCCCCCCCN1CCN(C)CC1. The lowest BCUT2D eigenvalue weighted by molar-refractivity contribution is 0.152. The number of para-hydroxylation sites is 2. The average molecular weight is 566 g/mol. The summed E-state index contributed by atoms with van der Waals surface area (Å²) in [6.07, 6.45) is 10.4. The molecule has 1 aliphatic heterocycles. The summed E-state index contributed by atoms with van der Waals surface area (Å²) in [6.45, 7) is 8.94. The molecule has 5 rings (SSSR count). The molecule has 0 amide bonds. The Labute approximate surface area is 252 Å². The molecule has 1 saturated heterocycles. The Bertz CT molecular complexity index is 1340. The maximum absolute atomic E-state index is 6.32. The van der Waals surface area contributed by atoms with Gasteiger partial charge in [-0.1, -0.05) is 105 Å². The first-order valence-electron chi connectivity index (χ1n) is 15.9. The third-order valence-electron chi connectivity index (χ3n) is 8.40. The Balaban J connectivity index is 1.06. The molecule has 0 bridgehead atoms. The van der Waals surface area contributed by atoms with E-state index in [0.717, 1.165) is 41.7 Å². The van der Waals surface area contributed by atoms with Gasteiger partial charge >= 0.3 is 0 Å². The van der Waals surface area contributed by atoms with Crippen molar-refractivity contribution in [1.29, 1.82) is 0 Å². The van der Waals surface area contributed by atoms with Crippen molar-refractivity contribution in [2.45, 2.75) is 58.3 Å². The van der Waals surface area contributed by atoms with E-state index in [4.69, 9.17) is 4.74 Å². The van der Waals surface area contributed by atoms with E-state index < -0.39 is 0 Å². The van der Waals surface area contributed by atoms with Crippen molar-refractivity contribution in [1.82, 2.24) is 24.6 Å². The van der Waals surface area contributed by atoms with Gasteiger partial charge in [0.2, 0.25) is 0 Å². The van der Waals surface area contributed by atoms with E-state index in [0.29, 0.717) is 0 Å². The number of unbranched alkanes of at least 4 members (excludes halogenated alkanes) is 7. The van der Waals surface area contributed by atoms with Gasteiger partial charge in [-0.15, -0.1) is 10.2 Å². The molecule has 0 saturated carbocycles. The van der Waals surface area contributed by atoms with Crippen LogP contribution < -0.4 is 4.74 Å². The van der Waals surface area contributed by atoms with E-state index in [-0.39, 0.29) is 0 Å². The Morgan fingerprint density at radius 3 is 1.95 bits per heavy atom. The van der Waals surface area contributed by atoms with Crippen molar-refractivity contribution in [3.05, 3.63) is 84.7 Å². The summed E-state index contributed by atoms with van der Waals surface area (Å²) in [5, 5.41) is 8.97. The highest BCUT2D eigenvalue weighted by molar-refractivity contribution is 5.69. The number of aromatic nitrogens is 3. The number of hydrogen-bond donors (Lipinski definition) is 0. The Morgan fingerprint density at radius 1 is 0.619 bits per heavy atom. The van der Waals surface area contributed by atoms with Gasteiger partial charge in [-0.05, 0) is 56.6 Å². The molecule has 0 unspecified atom stereocenters. The summed E-state index contributed by atoms with van der Waals surface area (Å²) < 4.78 is 8.43. The van der Waals surface area contributed by atoms with Crippen LogP contribution in [0.15, 0.2) is 78.9 Å². The predicted molar refractivity (Wildman–Crippen MR) is 173 cm³/mol. The zero-order valence-electron chi connectivity index (χ0n) is 25.5. The standard InChI is InChI=1S/C36H47N5O/c1-30-37-38-36(33-22-20-32(21-23-33)31-16-10-9-11-17-31)41(30)34-18-12-13-19-35(34)42-29-15-8-6-4-3-5-7-14-24-40-27-25-39(2)26-28-40/h9-13,16-23H,3-8,14-15,24-29H2,1-2H3. The molecule has 0 radical (unpaired) electrons. The van der Waals surface area contributed by atoms with E-state index in [9.17, 15) is 0 Å².